The zero-order valence-electron chi connectivity index (χ0n) is 23.5. The lowest BCUT2D eigenvalue weighted by atomic mass is 9.91. The molecule has 4 atom stereocenters. The van der Waals surface area contributed by atoms with Gasteiger partial charge in [0.1, 0.15) is 0 Å². The van der Waals surface area contributed by atoms with Crippen LogP contribution in [0.3, 0.4) is 0 Å². The molecule has 6 rings (SSSR count). The van der Waals surface area contributed by atoms with E-state index in [1.807, 2.05) is 18.3 Å². The van der Waals surface area contributed by atoms with Crippen LogP contribution in [0.25, 0.3) is 5.69 Å². The van der Waals surface area contributed by atoms with Crippen molar-refractivity contribution < 1.29 is 0 Å². The fraction of sp³-hybridized carbons (Fsp3) is 0.333. The summed E-state index contributed by atoms with van der Waals surface area (Å²) in [5.74, 6) is 1.30. The first-order valence-electron chi connectivity index (χ1n) is 14.1. The van der Waals surface area contributed by atoms with Gasteiger partial charge < -0.3 is 19.7 Å². The average molecular weight is 570 g/mol. The number of rotatable bonds is 5. The molecule has 2 aliphatic rings. The van der Waals surface area contributed by atoms with Crippen LogP contribution in [0.5, 0.6) is 0 Å². The summed E-state index contributed by atoms with van der Waals surface area (Å²) in [7, 11) is 0. The van der Waals surface area contributed by atoms with Gasteiger partial charge in [-0.1, -0.05) is 49.7 Å². The van der Waals surface area contributed by atoms with Gasteiger partial charge in [-0.25, -0.2) is 0 Å². The van der Waals surface area contributed by atoms with Crippen molar-refractivity contribution in [3.05, 3.63) is 107 Å². The molecule has 2 aromatic carbocycles. The number of benzene rings is 2. The van der Waals surface area contributed by atoms with Crippen LogP contribution in [-0.4, -0.2) is 27.8 Å². The molecule has 206 valence electrons. The van der Waals surface area contributed by atoms with Crippen molar-refractivity contribution >= 4 is 40.3 Å². The van der Waals surface area contributed by atoms with Crippen molar-refractivity contribution in [1.29, 1.82) is 0 Å². The number of anilines is 2. The molecule has 7 heteroatoms. The number of aromatic nitrogens is 2. The quantitative estimate of drug-likeness (QED) is 0.248. The van der Waals surface area contributed by atoms with Crippen LogP contribution in [0.4, 0.5) is 11.4 Å². The summed E-state index contributed by atoms with van der Waals surface area (Å²) >= 11 is 13.0. The number of halogens is 1. The second-order valence-electron chi connectivity index (χ2n) is 11.5. The number of para-hydroxylation sites is 1. The molecule has 5 nitrogen and oxygen atoms in total. The third-order valence-corrected chi connectivity index (χ3v) is 8.94. The van der Waals surface area contributed by atoms with Crippen LogP contribution < -0.4 is 15.1 Å². The van der Waals surface area contributed by atoms with Gasteiger partial charge in [0.2, 0.25) is 0 Å². The number of hydrogen-bond acceptors (Lipinski definition) is 3. The highest BCUT2D eigenvalue weighted by Gasteiger charge is 2.42. The minimum atomic E-state index is -0.110. The van der Waals surface area contributed by atoms with Gasteiger partial charge in [-0.3, -0.25) is 4.98 Å². The zero-order chi connectivity index (χ0) is 28.0. The second kappa shape index (κ2) is 10.9. The molecule has 0 radical (unpaired) electrons. The van der Waals surface area contributed by atoms with E-state index >= 15 is 0 Å². The molecule has 4 heterocycles. The van der Waals surface area contributed by atoms with Crippen molar-refractivity contribution in [3.63, 3.8) is 0 Å². The molecule has 1 N–H and O–H groups in total. The summed E-state index contributed by atoms with van der Waals surface area (Å²) in [5, 5.41) is 5.04. The smallest absolute Gasteiger partial charge is 0.174 e. The molecular weight excluding hydrogens is 534 g/mol. The highest BCUT2D eigenvalue weighted by atomic mass is 35.5. The minimum absolute atomic E-state index is 0.0944. The fourth-order valence-electron chi connectivity index (χ4n) is 6.77. The van der Waals surface area contributed by atoms with E-state index in [1.165, 1.54) is 23.4 Å². The lowest BCUT2D eigenvalue weighted by molar-refractivity contribution is 0.357. The van der Waals surface area contributed by atoms with Gasteiger partial charge in [-0.05, 0) is 98.4 Å². The number of pyridine rings is 1. The zero-order valence-corrected chi connectivity index (χ0v) is 25.1. The largest absolute Gasteiger partial charge is 0.370 e. The monoisotopic (exact) mass is 569 g/mol. The Hall–Kier alpha value is -3.35. The summed E-state index contributed by atoms with van der Waals surface area (Å²) < 4.78 is 2.32. The SMILES string of the molecule is Cc1cc([C@@H]2[C@H](c3ccccn3)NC(=S)N2c2ccc(N3C[C@H](C)C[C@H](C)C3)c(Cl)c2)c(C)n1-c1ccccc1. The molecule has 0 bridgehead atoms. The Kier molecular flexibility index (Phi) is 7.32. The summed E-state index contributed by atoms with van der Waals surface area (Å²) in [6.45, 7) is 11.1. The third kappa shape index (κ3) is 4.88. The summed E-state index contributed by atoms with van der Waals surface area (Å²) in [4.78, 5) is 9.40. The van der Waals surface area contributed by atoms with E-state index in [0.717, 1.165) is 40.9 Å². The first kappa shape index (κ1) is 26.9. The highest BCUT2D eigenvalue weighted by molar-refractivity contribution is 7.80. The fourth-order valence-corrected chi connectivity index (χ4v) is 7.41. The maximum absolute atomic E-state index is 7.02. The normalized spacial score (nSPS) is 23.0. The molecule has 0 amide bonds. The molecule has 2 aromatic heterocycles. The number of aryl methyl sites for hydroxylation is 1. The van der Waals surface area contributed by atoms with Crippen LogP contribution in [0.15, 0.2) is 79.0 Å². The molecule has 0 spiro atoms. The first-order chi connectivity index (χ1) is 19.3. The maximum Gasteiger partial charge on any atom is 0.174 e. The van der Waals surface area contributed by atoms with E-state index in [9.17, 15) is 0 Å². The maximum atomic E-state index is 7.02. The van der Waals surface area contributed by atoms with E-state index in [1.54, 1.807) is 0 Å². The number of piperidine rings is 1. The number of hydrogen-bond donors (Lipinski definition) is 1. The molecule has 0 aliphatic carbocycles. The first-order valence-corrected chi connectivity index (χ1v) is 14.9. The van der Waals surface area contributed by atoms with Gasteiger partial charge in [0.25, 0.3) is 0 Å². The second-order valence-corrected chi connectivity index (χ2v) is 12.3. The Morgan fingerprint density at radius 1 is 0.900 bits per heavy atom. The molecule has 2 aliphatic heterocycles. The van der Waals surface area contributed by atoms with Crippen LogP contribution in [0, 0.1) is 25.7 Å². The van der Waals surface area contributed by atoms with Crippen LogP contribution in [0.2, 0.25) is 5.02 Å². The Morgan fingerprint density at radius 3 is 2.30 bits per heavy atom. The predicted octanol–water partition coefficient (Wildman–Crippen LogP) is 7.80. The summed E-state index contributed by atoms with van der Waals surface area (Å²) in [5.41, 5.74) is 7.77. The molecule has 4 aromatic rings. The summed E-state index contributed by atoms with van der Waals surface area (Å²) in [6, 6.07) is 25.1. The molecular formula is C33H36ClN5S. The average Bonchev–Trinajstić information content (AvgIpc) is 3.43. The van der Waals surface area contributed by atoms with Gasteiger partial charge in [0.15, 0.2) is 5.11 Å². The number of nitrogens with zero attached hydrogens (tertiary/aromatic N) is 4. The van der Waals surface area contributed by atoms with Crippen molar-refractivity contribution in [2.75, 3.05) is 22.9 Å². The highest BCUT2D eigenvalue weighted by Crippen LogP contribution is 2.45. The van der Waals surface area contributed by atoms with E-state index in [0.29, 0.717) is 16.9 Å². The van der Waals surface area contributed by atoms with Crippen LogP contribution >= 0.6 is 23.8 Å². The van der Waals surface area contributed by atoms with Crippen LogP contribution in [0.1, 0.15) is 55.0 Å². The van der Waals surface area contributed by atoms with Crippen molar-refractivity contribution in [1.82, 2.24) is 14.9 Å². The van der Waals surface area contributed by atoms with Crippen LogP contribution in [-0.2, 0) is 0 Å². The molecule has 40 heavy (non-hydrogen) atoms. The van der Waals surface area contributed by atoms with E-state index in [-0.39, 0.29) is 12.1 Å². The van der Waals surface area contributed by atoms with Crippen molar-refractivity contribution in [3.8, 4) is 5.69 Å². The Bertz CT molecular complexity index is 1510. The predicted molar refractivity (Wildman–Crippen MR) is 170 cm³/mol. The number of thiocarbonyl (C=S) groups is 1. The minimum Gasteiger partial charge on any atom is -0.370 e. The Morgan fingerprint density at radius 2 is 1.62 bits per heavy atom. The van der Waals surface area contributed by atoms with Gasteiger partial charge in [0.05, 0.1) is 28.5 Å². The van der Waals surface area contributed by atoms with E-state index in [4.69, 9.17) is 28.8 Å². The topological polar surface area (TPSA) is 36.3 Å². The standard InChI is InChI=1S/C33H36ClN5S/c1-21-16-22(2)20-37(19-21)30-14-13-26(18-28(30)34)39-32(31(36-33(39)40)29-12-8-9-15-35-29)27-17-23(3)38(24(27)4)25-10-6-5-7-11-25/h5-15,17-18,21-22,31-32H,16,19-20H2,1-4H3,(H,36,40)/t21-,22+,31-,32+/m0/s1. The van der Waals surface area contributed by atoms with Gasteiger partial charge >= 0.3 is 0 Å². The Labute approximate surface area is 247 Å². The molecule has 2 saturated heterocycles. The molecule has 0 unspecified atom stereocenters. The third-order valence-electron chi connectivity index (χ3n) is 8.32. The molecule has 0 saturated carbocycles. The molecule has 2 fully saturated rings. The van der Waals surface area contributed by atoms with Crippen molar-refractivity contribution in [2.45, 2.75) is 46.2 Å². The van der Waals surface area contributed by atoms with Gasteiger partial charge in [-0.2, -0.15) is 0 Å². The van der Waals surface area contributed by atoms with Gasteiger partial charge in [0, 0.05) is 42.0 Å². The lowest BCUT2D eigenvalue weighted by Crippen LogP contribution is -2.38. The Balaban J connectivity index is 1.44. The van der Waals surface area contributed by atoms with E-state index in [2.05, 4.69) is 108 Å². The number of nitrogens with one attached hydrogen (secondary N) is 1. The van der Waals surface area contributed by atoms with Gasteiger partial charge in [-0.15, -0.1) is 0 Å². The summed E-state index contributed by atoms with van der Waals surface area (Å²) in [6.07, 6.45) is 3.11. The van der Waals surface area contributed by atoms with E-state index < -0.39 is 0 Å². The lowest BCUT2D eigenvalue weighted by Gasteiger charge is -2.37. The van der Waals surface area contributed by atoms with Crippen molar-refractivity contribution in [2.24, 2.45) is 11.8 Å².